The molecule has 2 N–H and O–H groups in total. The Bertz CT molecular complexity index is 910. The second kappa shape index (κ2) is 8.40. The number of para-hydroxylation sites is 1. The van der Waals surface area contributed by atoms with Crippen LogP contribution in [-0.2, 0) is 16.1 Å². The highest BCUT2D eigenvalue weighted by molar-refractivity contribution is 6.10. The van der Waals surface area contributed by atoms with E-state index in [1.54, 1.807) is 35.4 Å². The molecule has 1 aromatic heterocycles. The zero-order valence-corrected chi connectivity index (χ0v) is 16.0. The number of hydrogen-bond acceptors (Lipinski definition) is 5. The van der Waals surface area contributed by atoms with E-state index in [1.807, 2.05) is 18.3 Å². The number of carbonyl (C=O) groups excluding carboxylic acids is 3. The van der Waals surface area contributed by atoms with Gasteiger partial charge in [0.1, 0.15) is 6.04 Å². The van der Waals surface area contributed by atoms with Crippen molar-refractivity contribution in [3.05, 3.63) is 59.9 Å². The van der Waals surface area contributed by atoms with Crippen LogP contribution < -0.4 is 10.6 Å². The Labute approximate surface area is 168 Å². The average molecular weight is 393 g/mol. The van der Waals surface area contributed by atoms with Crippen molar-refractivity contribution in [2.45, 2.75) is 19.0 Å². The molecule has 1 unspecified atom stereocenters. The molecule has 0 spiro atoms. The first kappa shape index (κ1) is 19.1. The van der Waals surface area contributed by atoms with Crippen LogP contribution in [0, 0.1) is 0 Å². The van der Waals surface area contributed by atoms with Gasteiger partial charge >= 0.3 is 0 Å². The van der Waals surface area contributed by atoms with Gasteiger partial charge in [-0.3, -0.25) is 24.3 Å². The number of amides is 3. The van der Waals surface area contributed by atoms with Gasteiger partial charge in [0.15, 0.2) is 0 Å². The molecule has 1 aromatic carbocycles. The van der Waals surface area contributed by atoms with Crippen molar-refractivity contribution in [1.29, 1.82) is 0 Å². The van der Waals surface area contributed by atoms with Crippen molar-refractivity contribution in [2.24, 2.45) is 0 Å². The van der Waals surface area contributed by atoms with Crippen molar-refractivity contribution in [1.82, 2.24) is 20.1 Å². The fourth-order valence-electron chi connectivity index (χ4n) is 3.66. The molecular weight excluding hydrogens is 370 g/mol. The lowest BCUT2D eigenvalue weighted by Crippen LogP contribution is -2.51. The van der Waals surface area contributed by atoms with E-state index in [1.165, 1.54) is 0 Å². The Morgan fingerprint density at radius 3 is 2.62 bits per heavy atom. The monoisotopic (exact) mass is 393 g/mol. The lowest BCUT2D eigenvalue weighted by Gasteiger charge is -2.35. The minimum atomic E-state index is -0.879. The second-order valence-corrected chi connectivity index (χ2v) is 7.28. The number of piperazine rings is 1. The first-order valence-electron chi connectivity index (χ1n) is 9.70. The van der Waals surface area contributed by atoms with E-state index in [2.05, 4.69) is 20.5 Å². The molecule has 8 heteroatoms. The maximum Gasteiger partial charge on any atom is 0.254 e. The van der Waals surface area contributed by atoms with Crippen LogP contribution in [0.5, 0.6) is 0 Å². The third kappa shape index (κ3) is 4.43. The smallest absolute Gasteiger partial charge is 0.254 e. The Kier molecular flexibility index (Phi) is 5.53. The Morgan fingerprint density at radius 1 is 1.07 bits per heavy atom. The van der Waals surface area contributed by atoms with Crippen LogP contribution in [0.2, 0.25) is 0 Å². The summed E-state index contributed by atoms with van der Waals surface area (Å²) in [5, 5.41) is 5.42. The summed E-state index contributed by atoms with van der Waals surface area (Å²) in [6, 6.07) is 9.89. The number of carbonyl (C=O) groups is 3. The van der Waals surface area contributed by atoms with Gasteiger partial charge in [-0.15, -0.1) is 0 Å². The molecule has 2 aromatic rings. The van der Waals surface area contributed by atoms with Gasteiger partial charge < -0.3 is 15.5 Å². The van der Waals surface area contributed by atoms with Crippen molar-refractivity contribution in [3.8, 4) is 0 Å². The summed E-state index contributed by atoms with van der Waals surface area (Å²) in [6.07, 6.45) is 3.55. The zero-order chi connectivity index (χ0) is 20.2. The number of rotatable bonds is 4. The van der Waals surface area contributed by atoms with Crippen LogP contribution in [0.25, 0.3) is 0 Å². The van der Waals surface area contributed by atoms with Gasteiger partial charge in [0.25, 0.3) is 5.91 Å². The van der Waals surface area contributed by atoms with Gasteiger partial charge in [-0.05, 0) is 23.8 Å². The predicted octanol–water partition coefficient (Wildman–Crippen LogP) is 0.867. The molecule has 150 valence electrons. The first-order chi connectivity index (χ1) is 14.1. The zero-order valence-electron chi connectivity index (χ0n) is 16.0. The molecule has 4 rings (SSSR count). The number of aromatic nitrogens is 1. The molecule has 2 aliphatic rings. The van der Waals surface area contributed by atoms with E-state index < -0.39 is 6.04 Å². The normalized spacial score (nSPS) is 19.7. The summed E-state index contributed by atoms with van der Waals surface area (Å²) in [4.78, 5) is 45.8. The van der Waals surface area contributed by atoms with Crippen molar-refractivity contribution < 1.29 is 14.4 Å². The first-order valence-corrected chi connectivity index (χ1v) is 9.70. The van der Waals surface area contributed by atoms with E-state index in [0.717, 1.165) is 25.2 Å². The summed E-state index contributed by atoms with van der Waals surface area (Å²) < 4.78 is 0. The maximum absolute atomic E-state index is 12.7. The third-order valence-electron chi connectivity index (χ3n) is 5.28. The van der Waals surface area contributed by atoms with Crippen LogP contribution in [0.3, 0.4) is 0 Å². The summed E-state index contributed by atoms with van der Waals surface area (Å²) >= 11 is 0. The van der Waals surface area contributed by atoms with Crippen molar-refractivity contribution in [2.75, 3.05) is 31.5 Å². The van der Waals surface area contributed by atoms with Gasteiger partial charge in [-0.1, -0.05) is 18.2 Å². The summed E-state index contributed by atoms with van der Waals surface area (Å²) in [7, 11) is 0. The number of nitrogens with zero attached hydrogens (tertiary/aromatic N) is 3. The van der Waals surface area contributed by atoms with Crippen molar-refractivity contribution >= 4 is 23.4 Å². The number of anilines is 1. The molecule has 8 nitrogen and oxygen atoms in total. The van der Waals surface area contributed by atoms with Crippen LogP contribution in [0.15, 0.2) is 48.8 Å². The van der Waals surface area contributed by atoms with Gasteiger partial charge in [0.2, 0.25) is 11.8 Å². The van der Waals surface area contributed by atoms with E-state index >= 15 is 0 Å². The molecular formula is C21H23N5O3. The summed E-state index contributed by atoms with van der Waals surface area (Å²) in [5.74, 6) is -0.845. The van der Waals surface area contributed by atoms with Gasteiger partial charge in [-0.2, -0.15) is 0 Å². The highest BCUT2D eigenvalue weighted by Gasteiger charge is 2.31. The highest BCUT2D eigenvalue weighted by Crippen LogP contribution is 2.19. The van der Waals surface area contributed by atoms with E-state index in [9.17, 15) is 14.4 Å². The van der Waals surface area contributed by atoms with Crippen LogP contribution >= 0.6 is 0 Å². The SMILES string of the molecule is O=C1NC(CC(=O)N2CCN(Cc3cccnc3)CC2)C(=O)Nc2ccccc21. The molecule has 3 heterocycles. The molecule has 1 saturated heterocycles. The number of fused-ring (bicyclic) bond motifs is 1. The minimum absolute atomic E-state index is 0.0475. The molecule has 0 aliphatic carbocycles. The molecule has 2 aliphatic heterocycles. The van der Waals surface area contributed by atoms with E-state index in [-0.39, 0.29) is 24.1 Å². The maximum atomic E-state index is 12.7. The third-order valence-corrected chi connectivity index (χ3v) is 5.28. The lowest BCUT2D eigenvalue weighted by atomic mass is 10.1. The number of benzene rings is 1. The molecule has 0 saturated carbocycles. The van der Waals surface area contributed by atoms with E-state index in [0.29, 0.717) is 24.3 Å². The summed E-state index contributed by atoms with van der Waals surface area (Å²) in [6.45, 7) is 3.52. The largest absolute Gasteiger partial charge is 0.340 e. The average Bonchev–Trinajstić information content (AvgIpc) is 2.85. The van der Waals surface area contributed by atoms with Gasteiger partial charge in [0, 0.05) is 45.1 Å². The summed E-state index contributed by atoms with van der Waals surface area (Å²) in [5.41, 5.74) is 2.01. The van der Waals surface area contributed by atoms with Gasteiger partial charge in [0.05, 0.1) is 17.7 Å². The highest BCUT2D eigenvalue weighted by atomic mass is 16.2. The quantitative estimate of drug-likeness (QED) is 0.804. The lowest BCUT2D eigenvalue weighted by molar-refractivity contribution is -0.135. The Morgan fingerprint density at radius 2 is 1.86 bits per heavy atom. The minimum Gasteiger partial charge on any atom is -0.340 e. The number of pyridine rings is 1. The fraction of sp³-hybridized carbons (Fsp3) is 0.333. The molecule has 29 heavy (non-hydrogen) atoms. The molecule has 1 fully saturated rings. The topological polar surface area (TPSA) is 94.6 Å². The van der Waals surface area contributed by atoms with Crippen LogP contribution in [0.4, 0.5) is 5.69 Å². The van der Waals surface area contributed by atoms with Crippen LogP contribution in [0.1, 0.15) is 22.3 Å². The molecule has 1 atom stereocenters. The number of hydrogen-bond donors (Lipinski definition) is 2. The van der Waals surface area contributed by atoms with Crippen molar-refractivity contribution in [3.63, 3.8) is 0 Å². The molecule has 3 amide bonds. The second-order valence-electron chi connectivity index (χ2n) is 7.28. The van der Waals surface area contributed by atoms with Crippen LogP contribution in [-0.4, -0.2) is 64.7 Å². The van der Waals surface area contributed by atoms with Gasteiger partial charge in [-0.25, -0.2) is 0 Å². The fourth-order valence-corrected chi connectivity index (χ4v) is 3.66. The van der Waals surface area contributed by atoms with E-state index in [4.69, 9.17) is 0 Å². The Hall–Kier alpha value is -3.26. The molecule has 0 radical (unpaired) electrons. The Balaban J connectivity index is 1.32. The predicted molar refractivity (Wildman–Crippen MR) is 107 cm³/mol. The molecule has 0 bridgehead atoms. The number of nitrogens with one attached hydrogen (secondary N) is 2. The standard InChI is InChI=1S/C21H23N5O3/c27-19(26-10-8-25(9-11-26)14-15-4-3-7-22-13-15)12-18-21(29)23-17-6-2-1-5-16(17)20(28)24-18/h1-7,13,18H,8-12,14H2,(H,23,29)(H,24,28).